The first-order chi connectivity index (χ1) is 44.0. The highest BCUT2D eigenvalue weighted by molar-refractivity contribution is 6.03. The molecule has 0 heterocycles. The largest absolute Gasteiger partial charge is 0.310 e. The van der Waals surface area contributed by atoms with E-state index in [4.69, 9.17) is 4.11 Å². The maximum Gasteiger partial charge on any atom is 0.0727 e. The van der Waals surface area contributed by atoms with Gasteiger partial charge in [-0.15, -0.1) is 0 Å². The minimum absolute atomic E-state index is 0.148. The predicted molar refractivity (Wildman–Crippen MR) is 351 cm³/mol. The van der Waals surface area contributed by atoms with Crippen molar-refractivity contribution in [3.63, 3.8) is 0 Å². The molecule has 85 heavy (non-hydrogen) atoms. The van der Waals surface area contributed by atoms with E-state index in [-0.39, 0.29) is 35.1 Å². The topological polar surface area (TPSA) is 6.48 Å². The Balaban J connectivity index is 0.885. The third kappa shape index (κ3) is 6.33. The first-order valence-corrected chi connectivity index (χ1v) is 29.5. The summed E-state index contributed by atoms with van der Waals surface area (Å²) in [6.07, 6.45) is 0. The quantitative estimate of drug-likeness (QED) is 0.157. The van der Waals surface area contributed by atoms with Crippen molar-refractivity contribution >= 4 is 34.1 Å². The second kappa shape index (κ2) is 17.7. The van der Waals surface area contributed by atoms with Gasteiger partial charge in [0.1, 0.15) is 0 Å². The molecule has 13 aromatic rings. The molecular weight excluding hydrogens is 1020 g/mol. The lowest BCUT2D eigenvalue weighted by atomic mass is 9.70. The average Bonchev–Trinajstić information content (AvgIpc) is 1.51. The van der Waals surface area contributed by atoms with Crippen LogP contribution in [0.2, 0.25) is 0 Å². The van der Waals surface area contributed by atoms with Gasteiger partial charge in [0, 0.05) is 39.3 Å². The Labute approximate surface area is 503 Å². The van der Waals surface area contributed by atoms with Crippen molar-refractivity contribution in [2.75, 3.05) is 9.80 Å². The smallest absolute Gasteiger partial charge is 0.0727 e. The fourth-order valence-corrected chi connectivity index (χ4v) is 16.2. The van der Waals surface area contributed by atoms with E-state index in [1.807, 2.05) is 24.3 Å². The molecule has 2 spiro atoms. The van der Waals surface area contributed by atoms with Gasteiger partial charge in [-0.25, -0.2) is 0 Å². The highest BCUT2D eigenvalue weighted by atomic mass is 15.2. The van der Waals surface area contributed by atoms with Crippen LogP contribution in [0.25, 0.3) is 66.8 Å². The molecule has 0 aliphatic heterocycles. The van der Waals surface area contributed by atoms with Gasteiger partial charge in [0.25, 0.3) is 0 Å². The summed E-state index contributed by atoms with van der Waals surface area (Å²) in [6.45, 7) is 4.58. The molecule has 0 saturated heterocycles. The van der Waals surface area contributed by atoms with Crippen LogP contribution in [0, 0.1) is 0 Å². The Morgan fingerprint density at radius 3 is 1.14 bits per heavy atom. The van der Waals surface area contributed by atoms with Crippen molar-refractivity contribution in [2.45, 2.75) is 30.1 Å². The van der Waals surface area contributed by atoms with Crippen LogP contribution in [-0.2, 0) is 16.2 Å². The Morgan fingerprint density at radius 1 is 0.259 bits per heavy atom. The van der Waals surface area contributed by atoms with Crippen LogP contribution in [0.4, 0.5) is 34.1 Å². The summed E-state index contributed by atoms with van der Waals surface area (Å²) in [7, 11) is 0. The molecule has 18 rings (SSSR count). The summed E-state index contributed by atoms with van der Waals surface area (Å²) in [4.78, 5) is 4.74. The van der Waals surface area contributed by atoms with Crippen LogP contribution >= 0.6 is 0 Å². The lowest BCUT2D eigenvalue weighted by Crippen LogP contribution is -2.27. The minimum atomic E-state index is -0.807. The first kappa shape index (κ1) is 43.2. The predicted octanol–water partition coefficient (Wildman–Crippen LogP) is 21.3. The van der Waals surface area contributed by atoms with Gasteiger partial charge in [0.15, 0.2) is 0 Å². The van der Waals surface area contributed by atoms with E-state index in [1.165, 1.54) is 94.6 Å². The minimum Gasteiger partial charge on any atom is -0.310 e. The van der Waals surface area contributed by atoms with Crippen molar-refractivity contribution in [1.29, 1.82) is 0 Å². The standard InChI is InChI=1S/C83H56N2/c1-81(2)68-35-16-9-29-59(68)64-47-44-55(50-75(64)81)85(78-42-22-15-28-58(78)53-24-5-3-6-25-53)57-46-49-66-63-33-13-20-39-72(63)83(77(66)52-57)71-38-19-12-32-62(71)65-48-45-56(51-76(65)83)84(54-26-7-4-8-27-54)79-43-23-41-74-80(79)67-34-14-21-40-73(67)82(74)69-36-17-10-30-60(69)61-31-11-18-37-70(61)82/h3-52H,1-2H3/i3D,5D,6D,24D,25D. The van der Waals surface area contributed by atoms with E-state index in [9.17, 15) is 2.74 Å². The number of hydrogen-bond donors (Lipinski definition) is 0. The molecule has 0 aromatic heterocycles. The van der Waals surface area contributed by atoms with Crippen molar-refractivity contribution in [2.24, 2.45) is 0 Å². The Kier molecular flexibility index (Phi) is 9.01. The zero-order valence-electron chi connectivity index (χ0n) is 51.9. The molecule has 0 saturated carbocycles. The van der Waals surface area contributed by atoms with Crippen molar-refractivity contribution in [1.82, 2.24) is 0 Å². The zero-order chi connectivity index (χ0) is 60.5. The number of nitrogens with zero attached hydrogens (tertiary/aromatic N) is 2. The molecule has 398 valence electrons. The van der Waals surface area contributed by atoms with Crippen LogP contribution in [0.15, 0.2) is 303 Å². The van der Waals surface area contributed by atoms with Gasteiger partial charge < -0.3 is 9.80 Å². The summed E-state index contributed by atoms with van der Waals surface area (Å²) in [5, 5.41) is 0. The third-order valence-electron chi connectivity index (χ3n) is 19.6. The fourth-order valence-electron chi connectivity index (χ4n) is 16.2. The average molecular weight is 1090 g/mol. The molecule has 1 atom stereocenters. The number of para-hydroxylation sites is 2. The van der Waals surface area contributed by atoms with Crippen molar-refractivity contribution in [3.8, 4) is 66.8 Å². The number of benzene rings is 13. The highest BCUT2D eigenvalue weighted by Gasteiger charge is 2.54. The van der Waals surface area contributed by atoms with Crippen molar-refractivity contribution in [3.05, 3.63) is 359 Å². The Morgan fingerprint density at radius 2 is 0.612 bits per heavy atom. The SMILES string of the molecule is [2H]c1c([2H])c([2H])c(-c2ccccc2N(c2ccc3c(c2)C(C)(C)c2ccccc2-3)c2ccc3c(c2)C2(c4ccccc4-3)c3ccccc3-c3ccc(N(c4ccccc4)c4cccc5c4-c4ccccc4C54c5ccccc5-c5ccccc54)cc32)c([2H])c1[2H]. The van der Waals surface area contributed by atoms with Crippen LogP contribution in [0.1, 0.15) is 76.3 Å². The molecule has 13 aromatic carbocycles. The fraction of sp³-hybridized carbons (Fsp3) is 0.0602. The molecule has 0 bridgehead atoms. The highest BCUT2D eigenvalue weighted by Crippen LogP contribution is 2.67. The molecule has 5 aliphatic rings. The second-order valence-electron chi connectivity index (χ2n) is 23.8. The molecule has 0 fully saturated rings. The van der Waals surface area contributed by atoms with Crippen LogP contribution < -0.4 is 9.80 Å². The molecule has 5 aliphatic carbocycles. The van der Waals surface area contributed by atoms with Crippen molar-refractivity contribution < 1.29 is 6.85 Å². The summed E-state index contributed by atoms with van der Waals surface area (Å²) >= 11 is 0. The van der Waals surface area contributed by atoms with Crippen LogP contribution in [0.3, 0.4) is 0 Å². The number of rotatable bonds is 7. The van der Waals surface area contributed by atoms with Gasteiger partial charge in [-0.3, -0.25) is 0 Å². The Bertz CT molecular complexity index is 5190. The van der Waals surface area contributed by atoms with Gasteiger partial charge in [0.05, 0.1) is 29.1 Å². The number of anilines is 6. The summed E-state index contributed by atoms with van der Waals surface area (Å²) in [5.74, 6) is 0. The summed E-state index contributed by atoms with van der Waals surface area (Å²) < 4.78 is 45.2. The summed E-state index contributed by atoms with van der Waals surface area (Å²) in [6, 6.07) is 98.3. The maximum absolute atomic E-state index is 9.39. The molecule has 0 amide bonds. The molecule has 1 unspecified atom stereocenters. The Hall–Kier alpha value is -10.5. The van der Waals surface area contributed by atoms with E-state index < -0.39 is 16.9 Å². The van der Waals surface area contributed by atoms with E-state index in [2.05, 4.69) is 272 Å². The van der Waals surface area contributed by atoms with Crippen LogP contribution in [-0.4, -0.2) is 0 Å². The van der Waals surface area contributed by atoms with Gasteiger partial charge in [0.2, 0.25) is 0 Å². The van der Waals surface area contributed by atoms with Gasteiger partial charge >= 0.3 is 0 Å². The van der Waals surface area contributed by atoms with E-state index in [1.54, 1.807) is 0 Å². The van der Waals surface area contributed by atoms with Gasteiger partial charge in [-0.2, -0.15) is 0 Å². The molecule has 0 radical (unpaired) electrons. The zero-order valence-corrected chi connectivity index (χ0v) is 46.9. The lowest BCUT2D eigenvalue weighted by Gasteiger charge is -2.34. The number of hydrogen-bond acceptors (Lipinski definition) is 2. The number of fused-ring (bicyclic) bond motifs is 23. The van der Waals surface area contributed by atoms with Crippen LogP contribution in [0.5, 0.6) is 0 Å². The van der Waals surface area contributed by atoms with Gasteiger partial charge in [-0.1, -0.05) is 256 Å². The maximum atomic E-state index is 9.39. The lowest BCUT2D eigenvalue weighted by molar-refractivity contribution is 0.660. The molecule has 0 N–H and O–H groups in total. The van der Waals surface area contributed by atoms with E-state index >= 15 is 0 Å². The molecule has 2 nitrogen and oxygen atoms in total. The van der Waals surface area contributed by atoms with Gasteiger partial charge in [-0.05, 0) is 172 Å². The molecular formula is C83H56N2. The van der Waals surface area contributed by atoms with E-state index in [0.717, 1.165) is 45.1 Å². The second-order valence-corrected chi connectivity index (χ2v) is 23.8. The summed E-state index contributed by atoms with van der Waals surface area (Å²) in [5.41, 5.74) is 29.0. The monoisotopic (exact) mass is 1090 g/mol. The normalized spacial score (nSPS) is 16.5. The molecule has 2 heteroatoms. The first-order valence-electron chi connectivity index (χ1n) is 32.0. The third-order valence-corrected chi connectivity index (χ3v) is 19.6. The van der Waals surface area contributed by atoms with E-state index in [0.29, 0.717) is 11.3 Å².